The van der Waals surface area contributed by atoms with Crippen LogP contribution in [0.4, 0.5) is 0 Å². The maximum absolute atomic E-state index is 12.8. The fraction of sp³-hybridized carbons (Fsp3) is 0.400. The number of carbonyl (C=O) groups excluding carboxylic acids is 2. The highest BCUT2D eigenvalue weighted by molar-refractivity contribution is 7.89. The summed E-state index contributed by atoms with van der Waals surface area (Å²) in [6.07, 6.45) is 2.66. The standard InChI is InChI=1S/C20H25N3O5S/c1-14(24)15-12-19(22(2)13-15)20(25)21-16-8-10-23(11-9-16)29(26,27)18-6-4-17(28-3)5-7-18/h4-7,12-13,16H,8-11H2,1-3H3,(H,21,25). The van der Waals surface area contributed by atoms with Gasteiger partial charge in [0.1, 0.15) is 11.4 Å². The number of amides is 1. The van der Waals surface area contributed by atoms with Gasteiger partial charge in [-0.05, 0) is 50.1 Å². The van der Waals surface area contributed by atoms with Gasteiger partial charge in [0.05, 0.1) is 12.0 Å². The summed E-state index contributed by atoms with van der Waals surface area (Å²) in [5, 5.41) is 2.95. The maximum Gasteiger partial charge on any atom is 0.268 e. The molecular weight excluding hydrogens is 394 g/mol. The van der Waals surface area contributed by atoms with Crippen LogP contribution in [0.2, 0.25) is 0 Å². The molecule has 0 aliphatic carbocycles. The Balaban J connectivity index is 1.61. The van der Waals surface area contributed by atoms with Gasteiger partial charge >= 0.3 is 0 Å². The molecule has 1 N–H and O–H groups in total. The summed E-state index contributed by atoms with van der Waals surface area (Å²) in [4.78, 5) is 24.3. The monoisotopic (exact) mass is 419 g/mol. The first-order chi connectivity index (χ1) is 13.7. The Labute approximate surface area is 170 Å². The van der Waals surface area contributed by atoms with Crippen LogP contribution in [0.15, 0.2) is 41.4 Å². The van der Waals surface area contributed by atoms with Crippen molar-refractivity contribution in [2.24, 2.45) is 7.05 Å². The van der Waals surface area contributed by atoms with Crippen LogP contribution in [0.1, 0.15) is 40.6 Å². The van der Waals surface area contributed by atoms with Gasteiger partial charge in [0.2, 0.25) is 10.0 Å². The van der Waals surface area contributed by atoms with Crippen molar-refractivity contribution in [3.05, 3.63) is 47.8 Å². The van der Waals surface area contributed by atoms with Crippen molar-refractivity contribution < 1.29 is 22.7 Å². The van der Waals surface area contributed by atoms with E-state index in [0.717, 1.165) is 0 Å². The van der Waals surface area contributed by atoms with Gasteiger partial charge in [0, 0.05) is 37.9 Å². The van der Waals surface area contributed by atoms with Gasteiger partial charge < -0.3 is 14.6 Å². The van der Waals surface area contributed by atoms with Crippen LogP contribution >= 0.6 is 0 Å². The summed E-state index contributed by atoms with van der Waals surface area (Å²) in [7, 11) is -0.340. The molecule has 9 heteroatoms. The van der Waals surface area contributed by atoms with Gasteiger partial charge in [0.15, 0.2) is 5.78 Å². The van der Waals surface area contributed by atoms with Crippen LogP contribution in [0, 0.1) is 0 Å². The van der Waals surface area contributed by atoms with E-state index < -0.39 is 10.0 Å². The number of ether oxygens (including phenoxy) is 1. The Bertz CT molecular complexity index is 1000. The number of aryl methyl sites for hydroxylation is 1. The molecule has 1 aliphatic rings. The van der Waals surface area contributed by atoms with Gasteiger partial charge in [-0.3, -0.25) is 9.59 Å². The molecule has 0 bridgehead atoms. The van der Waals surface area contributed by atoms with E-state index in [4.69, 9.17) is 4.74 Å². The molecule has 0 unspecified atom stereocenters. The van der Waals surface area contributed by atoms with Crippen molar-refractivity contribution in [3.8, 4) is 5.75 Å². The van der Waals surface area contributed by atoms with Crippen molar-refractivity contribution in [1.29, 1.82) is 0 Å². The average Bonchev–Trinajstić information content (AvgIpc) is 3.10. The van der Waals surface area contributed by atoms with E-state index in [2.05, 4.69) is 5.32 Å². The molecule has 0 radical (unpaired) electrons. The number of aromatic nitrogens is 1. The number of ketones is 1. The highest BCUT2D eigenvalue weighted by Gasteiger charge is 2.30. The largest absolute Gasteiger partial charge is 0.497 e. The fourth-order valence-corrected chi connectivity index (χ4v) is 4.85. The lowest BCUT2D eigenvalue weighted by Gasteiger charge is -2.31. The van der Waals surface area contributed by atoms with E-state index in [1.807, 2.05) is 0 Å². The third kappa shape index (κ3) is 4.51. The molecule has 2 heterocycles. The smallest absolute Gasteiger partial charge is 0.268 e. The molecule has 3 rings (SSSR count). The number of benzene rings is 1. The van der Waals surface area contributed by atoms with Gasteiger partial charge in [-0.15, -0.1) is 0 Å². The Kier molecular flexibility index (Phi) is 6.09. The van der Waals surface area contributed by atoms with E-state index in [9.17, 15) is 18.0 Å². The molecular formula is C20H25N3O5S. The van der Waals surface area contributed by atoms with Crippen molar-refractivity contribution >= 4 is 21.7 Å². The molecule has 0 saturated carbocycles. The van der Waals surface area contributed by atoms with Crippen molar-refractivity contribution in [1.82, 2.24) is 14.2 Å². The number of nitrogens with zero attached hydrogens (tertiary/aromatic N) is 2. The normalized spacial score (nSPS) is 15.8. The second-order valence-electron chi connectivity index (χ2n) is 7.11. The summed E-state index contributed by atoms with van der Waals surface area (Å²) >= 11 is 0. The lowest BCUT2D eigenvalue weighted by atomic mass is 10.1. The molecule has 0 spiro atoms. The summed E-state index contributed by atoms with van der Waals surface area (Å²) in [6.45, 7) is 2.10. The topological polar surface area (TPSA) is 97.7 Å². The molecule has 2 aromatic rings. The van der Waals surface area contributed by atoms with Crippen LogP contribution in [-0.2, 0) is 17.1 Å². The molecule has 8 nitrogen and oxygen atoms in total. The van der Waals surface area contributed by atoms with Crippen LogP contribution in [0.5, 0.6) is 5.75 Å². The van der Waals surface area contributed by atoms with E-state index in [1.165, 1.54) is 30.5 Å². The van der Waals surface area contributed by atoms with Crippen molar-refractivity contribution in [2.45, 2.75) is 30.7 Å². The zero-order chi connectivity index (χ0) is 21.2. The SMILES string of the molecule is COc1ccc(S(=O)(=O)N2CCC(NC(=O)c3cc(C(C)=O)cn3C)CC2)cc1. The number of carbonyl (C=O) groups is 2. The van der Waals surface area contributed by atoms with Gasteiger partial charge in [-0.1, -0.05) is 0 Å². The van der Waals surface area contributed by atoms with Crippen molar-refractivity contribution in [2.75, 3.05) is 20.2 Å². The molecule has 1 aliphatic heterocycles. The lowest BCUT2D eigenvalue weighted by molar-refractivity contribution is 0.0915. The number of Topliss-reactive ketones (excluding diaryl/α,β-unsaturated/α-hetero) is 1. The third-order valence-corrected chi connectivity index (χ3v) is 7.04. The van der Waals surface area contributed by atoms with Crippen LogP contribution in [-0.4, -0.2) is 55.2 Å². The Morgan fingerprint density at radius 3 is 2.28 bits per heavy atom. The average molecular weight is 420 g/mol. The van der Waals surface area contributed by atoms with Crippen LogP contribution < -0.4 is 10.1 Å². The van der Waals surface area contributed by atoms with E-state index >= 15 is 0 Å². The molecule has 1 saturated heterocycles. The van der Waals surface area contributed by atoms with E-state index in [0.29, 0.717) is 42.9 Å². The van der Waals surface area contributed by atoms with E-state index in [1.54, 1.807) is 36.0 Å². The minimum absolute atomic E-state index is 0.100. The quantitative estimate of drug-likeness (QED) is 0.721. The minimum atomic E-state index is -3.58. The molecule has 0 atom stereocenters. The minimum Gasteiger partial charge on any atom is -0.497 e. The first-order valence-corrected chi connectivity index (χ1v) is 10.8. The molecule has 156 valence electrons. The molecule has 29 heavy (non-hydrogen) atoms. The van der Waals surface area contributed by atoms with Crippen LogP contribution in [0.3, 0.4) is 0 Å². The summed E-state index contributed by atoms with van der Waals surface area (Å²) in [6, 6.07) is 7.75. The highest BCUT2D eigenvalue weighted by Crippen LogP contribution is 2.23. The molecule has 1 aromatic heterocycles. The Hall–Kier alpha value is -2.65. The van der Waals surface area contributed by atoms with Gasteiger partial charge in [-0.2, -0.15) is 4.31 Å². The van der Waals surface area contributed by atoms with Gasteiger partial charge in [0.25, 0.3) is 5.91 Å². The predicted octanol–water partition coefficient (Wildman–Crippen LogP) is 1.82. The van der Waals surface area contributed by atoms with Crippen LogP contribution in [0.25, 0.3) is 0 Å². The summed E-state index contributed by atoms with van der Waals surface area (Å²) in [5.41, 5.74) is 0.890. The number of methoxy groups -OCH3 is 1. The number of nitrogens with one attached hydrogen (secondary N) is 1. The number of piperidine rings is 1. The molecule has 1 fully saturated rings. The van der Waals surface area contributed by atoms with Crippen molar-refractivity contribution in [3.63, 3.8) is 0 Å². The zero-order valence-corrected chi connectivity index (χ0v) is 17.5. The summed E-state index contributed by atoms with van der Waals surface area (Å²) < 4.78 is 33.7. The third-order valence-electron chi connectivity index (χ3n) is 5.13. The second kappa shape index (κ2) is 8.38. The number of sulfonamides is 1. The first kappa shape index (κ1) is 21.1. The Morgan fingerprint density at radius 2 is 1.76 bits per heavy atom. The lowest BCUT2D eigenvalue weighted by Crippen LogP contribution is -2.46. The predicted molar refractivity (Wildman–Crippen MR) is 108 cm³/mol. The zero-order valence-electron chi connectivity index (χ0n) is 16.7. The number of hydrogen-bond acceptors (Lipinski definition) is 5. The second-order valence-corrected chi connectivity index (χ2v) is 9.05. The van der Waals surface area contributed by atoms with E-state index in [-0.39, 0.29) is 22.6 Å². The molecule has 1 amide bonds. The fourth-order valence-electron chi connectivity index (χ4n) is 3.38. The highest BCUT2D eigenvalue weighted by atomic mass is 32.2. The summed E-state index contributed by atoms with van der Waals surface area (Å²) in [5.74, 6) is 0.229. The molecule has 1 aromatic carbocycles. The maximum atomic E-state index is 12.8. The number of rotatable bonds is 6. The first-order valence-electron chi connectivity index (χ1n) is 9.34. The van der Waals surface area contributed by atoms with Gasteiger partial charge in [-0.25, -0.2) is 8.42 Å². The Morgan fingerprint density at radius 1 is 1.14 bits per heavy atom. The number of hydrogen-bond donors (Lipinski definition) is 1.